The summed E-state index contributed by atoms with van der Waals surface area (Å²) in [7, 11) is 0. The predicted octanol–water partition coefficient (Wildman–Crippen LogP) is 3.71. The van der Waals surface area contributed by atoms with Gasteiger partial charge in [-0.1, -0.05) is 18.2 Å². The van der Waals surface area contributed by atoms with Crippen LogP contribution in [0.3, 0.4) is 0 Å². The summed E-state index contributed by atoms with van der Waals surface area (Å²) in [6, 6.07) is 11.0. The van der Waals surface area contributed by atoms with E-state index in [1.165, 1.54) is 12.1 Å². The number of aromatic nitrogens is 3. The zero-order valence-electron chi connectivity index (χ0n) is 16.5. The molecule has 0 aliphatic carbocycles. The minimum Gasteiger partial charge on any atom is -0.357 e. The Balaban J connectivity index is 0.00000320. The van der Waals surface area contributed by atoms with Crippen LogP contribution >= 0.6 is 24.0 Å². The largest absolute Gasteiger partial charge is 0.416 e. The van der Waals surface area contributed by atoms with Gasteiger partial charge in [-0.25, -0.2) is 0 Å². The number of hydrogen-bond donors (Lipinski definition) is 2. The van der Waals surface area contributed by atoms with Crippen molar-refractivity contribution in [1.82, 2.24) is 25.2 Å². The van der Waals surface area contributed by atoms with E-state index >= 15 is 0 Å². The molecule has 0 aliphatic rings. The summed E-state index contributed by atoms with van der Waals surface area (Å²) < 4.78 is 39.8. The molecule has 3 aromatic rings. The second-order valence-electron chi connectivity index (χ2n) is 6.43. The quantitative estimate of drug-likeness (QED) is 0.277. The van der Waals surface area contributed by atoms with Crippen molar-refractivity contribution in [3.8, 4) is 0 Å². The van der Waals surface area contributed by atoms with Crippen molar-refractivity contribution in [3.05, 3.63) is 65.6 Å². The summed E-state index contributed by atoms with van der Waals surface area (Å²) in [5.74, 6) is 1.50. The zero-order valence-corrected chi connectivity index (χ0v) is 18.8. The van der Waals surface area contributed by atoms with E-state index in [-0.39, 0.29) is 24.0 Å². The number of benzene rings is 1. The van der Waals surface area contributed by atoms with Gasteiger partial charge in [0.1, 0.15) is 5.82 Å². The molecule has 0 radical (unpaired) electrons. The minimum atomic E-state index is -4.31. The van der Waals surface area contributed by atoms with E-state index < -0.39 is 11.7 Å². The van der Waals surface area contributed by atoms with Gasteiger partial charge in [0.25, 0.3) is 0 Å². The third-order valence-electron chi connectivity index (χ3n) is 4.32. The maximum absolute atomic E-state index is 12.6. The first kappa shape index (κ1) is 23.9. The number of rotatable bonds is 7. The number of nitrogens with zero attached hydrogens (tertiary/aromatic N) is 4. The van der Waals surface area contributed by atoms with Gasteiger partial charge in [0.2, 0.25) is 0 Å². The van der Waals surface area contributed by atoms with Gasteiger partial charge in [-0.15, -0.1) is 34.2 Å². The topological polar surface area (TPSA) is 66.6 Å². The molecule has 6 nitrogen and oxygen atoms in total. The molecule has 0 spiro atoms. The first-order valence-corrected chi connectivity index (χ1v) is 9.44. The smallest absolute Gasteiger partial charge is 0.357 e. The molecule has 2 heterocycles. The van der Waals surface area contributed by atoms with Crippen LogP contribution in [0.1, 0.15) is 23.9 Å². The number of guanidine groups is 1. The first-order chi connectivity index (χ1) is 14.0. The maximum Gasteiger partial charge on any atom is 0.416 e. The van der Waals surface area contributed by atoms with Crippen molar-refractivity contribution in [1.29, 1.82) is 0 Å². The van der Waals surface area contributed by atoms with E-state index in [4.69, 9.17) is 0 Å². The van der Waals surface area contributed by atoms with E-state index in [9.17, 15) is 13.2 Å². The SMILES string of the molecule is CCNC(=NCCc1nnc2ccccn12)NCCc1ccc(C(F)(F)F)cc1.I. The number of pyridine rings is 1. The van der Waals surface area contributed by atoms with Crippen LogP contribution < -0.4 is 10.6 Å². The highest BCUT2D eigenvalue weighted by Crippen LogP contribution is 2.29. The van der Waals surface area contributed by atoms with E-state index in [1.807, 2.05) is 35.7 Å². The Kier molecular flexibility index (Phi) is 8.88. The third-order valence-corrected chi connectivity index (χ3v) is 4.32. The minimum absolute atomic E-state index is 0. The van der Waals surface area contributed by atoms with Crippen LogP contribution in [0.5, 0.6) is 0 Å². The Labute approximate surface area is 190 Å². The molecule has 0 unspecified atom stereocenters. The van der Waals surface area contributed by atoms with Gasteiger partial charge in [-0.2, -0.15) is 13.2 Å². The second-order valence-corrected chi connectivity index (χ2v) is 6.43. The van der Waals surface area contributed by atoms with Crippen molar-refractivity contribution in [2.75, 3.05) is 19.6 Å². The Morgan fingerprint density at radius 2 is 1.80 bits per heavy atom. The van der Waals surface area contributed by atoms with E-state index in [0.29, 0.717) is 38.4 Å². The molecular formula is C20H24F3IN6. The standard InChI is InChI=1S/C20H23F3N6.HI/c1-2-24-19(25-12-10-15-6-8-16(9-7-15)20(21,22)23)26-13-11-18-28-27-17-5-3-4-14-29(17)18;/h3-9,14H,2,10-13H2,1H3,(H2,24,25,26);1H. The molecule has 2 aromatic heterocycles. The molecule has 0 saturated heterocycles. The monoisotopic (exact) mass is 532 g/mol. The number of nitrogens with one attached hydrogen (secondary N) is 2. The zero-order chi connectivity index (χ0) is 20.7. The number of halogens is 4. The Hall–Kier alpha value is -2.37. The molecule has 30 heavy (non-hydrogen) atoms. The molecule has 0 fully saturated rings. The lowest BCUT2D eigenvalue weighted by atomic mass is 10.1. The molecule has 0 amide bonds. The lowest BCUT2D eigenvalue weighted by Gasteiger charge is -2.12. The van der Waals surface area contributed by atoms with Gasteiger partial charge in [0.15, 0.2) is 11.6 Å². The van der Waals surface area contributed by atoms with Gasteiger partial charge in [-0.05, 0) is 43.2 Å². The summed E-state index contributed by atoms with van der Waals surface area (Å²) in [5.41, 5.74) is 0.995. The molecule has 0 saturated carbocycles. The molecule has 10 heteroatoms. The average Bonchev–Trinajstić information content (AvgIpc) is 3.11. The maximum atomic E-state index is 12.6. The molecule has 0 atom stereocenters. The van der Waals surface area contributed by atoms with Gasteiger partial charge in [0.05, 0.1) is 5.56 Å². The average molecular weight is 532 g/mol. The van der Waals surface area contributed by atoms with Crippen LogP contribution in [-0.4, -0.2) is 40.2 Å². The lowest BCUT2D eigenvalue weighted by molar-refractivity contribution is -0.137. The molecule has 3 rings (SSSR count). The number of fused-ring (bicyclic) bond motifs is 1. The molecule has 0 bridgehead atoms. The van der Waals surface area contributed by atoms with Crippen LogP contribution in [0, 0.1) is 0 Å². The highest BCUT2D eigenvalue weighted by atomic mass is 127. The van der Waals surface area contributed by atoms with Crippen LogP contribution in [0.15, 0.2) is 53.7 Å². The normalized spacial score (nSPS) is 11.9. The highest BCUT2D eigenvalue weighted by Gasteiger charge is 2.29. The van der Waals surface area contributed by atoms with E-state index in [2.05, 4.69) is 25.8 Å². The number of hydrogen-bond acceptors (Lipinski definition) is 3. The number of alkyl halides is 3. The van der Waals surface area contributed by atoms with Crippen molar-refractivity contribution >= 4 is 35.6 Å². The van der Waals surface area contributed by atoms with Crippen molar-refractivity contribution < 1.29 is 13.2 Å². The van der Waals surface area contributed by atoms with Crippen LogP contribution in [0.25, 0.3) is 5.65 Å². The summed E-state index contributed by atoms with van der Waals surface area (Å²) in [4.78, 5) is 4.54. The lowest BCUT2D eigenvalue weighted by Crippen LogP contribution is -2.38. The Bertz CT molecular complexity index is 953. The molecule has 1 aromatic carbocycles. The fourth-order valence-corrected chi connectivity index (χ4v) is 2.86. The fraction of sp³-hybridized carbons (Fsp3) is 0.350. The van der Waals surface area contributed by atoms with Gasteiger partial charge in [0, 0.05) is 32.3 Å². The van der Waals surface area contributed by atoms with Crippen molar-refractivity contribution in [2.24, 2.45) is 4.99 Å². The van der Waals surface area contributed by atoms with Crippen LogP contribution in [0.2, 0.25) is 0 Å². The van der Waals surface area contributed by atoms with Gasteiger partial charge < -0.3 is 10.6 Å². The first-order valence-electron chi connectivity index (χ1n) is 9.44. The van der Waals surface area contributed by atoms with E-state index in [1.54, 1.807) is 0 Å². The second kappa shape index (κ2) is 11.1. The Morgan fingerprint density at radius 1 is 1.03 bits per heavy atom. The van der Waals surface area contributed by atoms with Crippen molar-refractivity contribution in [2.45, 2.75) is 25.9 Å². The third kappa shape index (κ3) is 6.57. The van der Waals surface area contributed by atoms with Crippen LogP contribution in [-0.2, 0) is 19.0 Å². The summed E-state index contributed by atoms with van der Waals surface area (Å²) in [6.45, 7) is 3.77. The highest BCUT2D eigenvalue weighted by molar-refractivity contribution is 14.0. The molecule has 2 N–H and O–H groups in total. The molecular weight excluding hydrogens is 508 g/mol. The van der Waals surface area contributed by atoms with Crippen LogP contribution in [0.4, 0.5) is 13.2 Å². The molecule has 0 aliphatic heterocycles. The molecule has 162 valence electrons. The Morgan fingerprint density at radius 3 is 2.50 bits per heavy atom. The van der Waals surface area contributed by atoms with E-state index in [0.717, 1.165) is 29.2 Å². The van der Waals surface area contributed by atoms with Gasteiger partial charge in [-0.3, -0.25) is 9.39 Å². The van der Waals surface area contributed by atoms with Gasteiger partial charge >= 0.3 is 6.18 Å². The van der Waals surface area contributed by atoms with Crippen molar-refractivity contribution in [3.63, 3.8) is 0 Å². The number of aliphatic imine (C=N–C) groups is 1. The summed E-state index contributed by atoms with van der Waals surface area (Å²) >= 11 is 0. The predicted molar refractivity (Wildman–Crippen MR) is 121 cm³/mol. The fourth-order valence-electron chi connectivity index (χ4n) is 2.86. The summed E-state index contributed by atoms with van der Waals surface area (Å²) in [5, 5.41) is 14.7. The summed E-state index contributed by atoms with van der Waals surface area (Å²) in [6.07, 6.45) is -1.16.